The summed E-state index contributed by atoms with van der Waals surface area (Å²) in [5.41, 5.74) is 0. The highest BCUT2D eigenvalue weighted by molar-refractivity contribution is 7.43. The first-order chi connectivity index (χ1) is 63.9. The molecule has 0 aliphatic carbocycles. The minimum Gasteiger partial charge on any atom is -0.786 e. The van der Waals surface area contributed by atoms with E-state index >= 15 is 0 Å². The molecule has 12 rings (SSSR count). The van der Waals surface area contributed by atoms with E-state index in [4.69, 9.17) is 86.1 Å². The Morgan fingerprint density at radius 1 is 0.123 bits per heavy atom. The summed E-state index contributed by atoms with van der Waals surface area (Å²) in [5, 5.41) is 0. The van der Waals surface area contributed by atoms with Gasteiger partial charge in [-0.3, -0.25) is 0 Å². The smallest absolute Gasteiger partial charge is 0.110 e. The third kappa shape index (κ3) is 76.5. The first kappa shape index (κ1) is 149. The average molecular weight is 2130 g/mol. The Morgan fingerprint density at radius 3 is 0.167 bits per heavy atom. The molecular weight excluding hydrogens is 1910 g/mol. The van der Waals surface area contributed by atoms with Gasteiger partial charge in [-0.25, -0.2) is 25.2 Å². The van der Waals surface area contributed by atoms with Crippen LogP contribution >= 0.6 is 47.4 Å². The summed E-state index contributed by atoms with van der Waals surface area (Å²) >= 11 is 0. The SMILES string of the molecule is CC[N+]1(CC)CCCC1.CC[N+]1(CC)CCCC1.CC[N+]1(CC)CCCC1.CC[N+]1(CC)CCCC1.CC[N+]1(CC)CCCC1.CC[N+]1(CC)CCCC1.CC[N+]1(CC)CCCC1.CC[N+]1(CC)CCCC1.CC[N+]1(CC)CCCC1.CC[N+]1(CC)CCCC1.CC[N+]1(CC)CCCC1.CC[N+]1(CC)CCCC1.O=P([O-])([O-])F.O=P([O-])([O-])F.O=P([O-])([O-])F.O=P([O-])([O-])F.O=P([O-])([O-])F.O=P([O-])([O-])F. The maximum atomic E-state index is 10.1. The molecule has 0 spiro atoms. The minimum absolute atomic E-state index is 1.34. The van der Waals surface area contributed by atoms with Gasteiger partial charge in [-0.15, -0.1) is 0 Å². The van der Waals surface area contributed by atoms with Crippen molar-refractivity contribution in [3.63, 3.8) is 0 Å². The van der Waals surface area contributed by atoms with E-state index in [0.717, 1.165) is 0 Å². The molecule has 0 aromatic rings. The van der Waals surface area contributed by atoms with Crippen LogP contribution in [-0.4, -0.2) is 368 Å². The molecule has 12 aliphatic rings. The molecule has 0 aromatic carbocycles. The molecule has 12 saturated heterocycles. The van der Waals surface area contributed by atoms with Gasteiger partial charge in [-0.05, 0) is 166 Å². The van der Waals surface area contributed by atoms with E-state index in [-0.39, 0.29) is 0 Å². The maximum Gasteiger partial charge on any atom is 0.110 e. The minimum atomic E-state index is -5.64. The van der Waals surface area contributed by atoms with Gasteiger partial charge < -0.3 is 140 Å². The van der Waals surface area contributed by atoms with Gasteiger partial charge in [0.15, 0.2) is 0 Å². The molecule has 12 fully saturated rings. The van der Waals surface area contributed by atoms with E-state index in [1.165, 1.54) is 522 Å². The molecule has 0 unspecified atom stereocenters. The van der Waals surface area contributed by atoms with Gasteiger partial charge in [0.25, 0.3) is 0 Å². The lowest BCUT2D eigenvalue weighted by molar-refractivity contribution is -0.913. The fourth-order valence-electron chi connectivity index (χ4n) is 22.3. The number of hydrogen-bond donors (Lipinski definition) is 0. The van der Waals surface area contributed by atoms with Gasteiger partial charge >= 0.3 is 0 Å². The van der Waals surface area contributed by atoms with Crippen LogP contribution in [0.15, 0.2) is 0 Å². The van der Waals surface area contributed by atoms with E-state index in [9.17, 15) is 25.2 Å². The van der Waals surface area contributed by atoms with Crippen LogP contribution in [0.4, 0.5) is 25.2 Å². The largest absolute Gasteiger partial charge is 0.786 e. The van der Waals surface area contributed by atoms with Crippen molar-refractivity contribution in [3.05, 3.63) is 0 Å². The van der Waals surface area contributed by atoms with Crippen LogP contribution in [0.5, 0.6) is 0 Å². The van der Waals surface area contributed by atoms with Gasteiger partial charge in [0.1, 0.15) is 47.4 Å². The fourth-order valence-corrected chi connectivity index (χ4v) is 22.3. The number of hydrogen-bond acceptors (Lipinski definition) is 18. The van der Waals surface area contributed by atoms with Crippen molar-refractivity contribution in [2.24, 2.45) is 0 Å². The lowest BCUT2D eigenvalue weighted by Gasteiger charge is -2.31. The molecule has 0 N–H and O–H groups in total. The van der Waals surface area contributed by atoms with Crippen LogP contribution in [0.2, 0.25) is 0 Å². The standard InChI is InChI=1S/12C8H18N.6FH2O3P/c12*1-3-9(4-2)7-5-6-8-9;6*1-5(2,3)4/h12*3-8H2,1-2H3;6*(H2,2,3,4)/q12*+1;;;;;;/p-12. The van der Waals surface area contributed by atoms with Gasteiger partial charge in [0.05, 0.1) is 314 Å². The number of rotatable bonds is 24. The topological polar surface area (TPSA) is 379 Å². The Hall–Kier alpha value is -0.0000000000000000555. The molecule has 0 atom stereocenters. The highest BCUT2D eigenvalue weighted by atomic mass is 31.2. The summed E-state index contributed by atoms with van der Waals surface area (Å²) in [6, 6.07) is 0. The normalized spacial score (nSPS) is 21.9. The molecule has 12 heterocycles. The summed E-state index contributed by atoms with van der Waals surface area (Å²) in [7, 11) is -33.8. The molecule has 12 aliphatic heterocycles. The van der Waals surface area contributed by atoms with Crippen molar-refractivity contribution >= 4 is 47.4 Å². The molecular formula is C96H216F6N12O18P6. The molecule has 840 valence electrons. The second-order valence-electron chi connectivity index (χ2n) is 40.1. The molecule has 42 heteroatoms. The van der Waals surface area contributed by atoms with Crippen molar-refractivity contribution in [1.82, 2.24) is 0 Å². The van der Waals surface area contributed by atoms with E-state index < -0.39 is 47.4 Å². The quantitative estimate of drug-likeness (QED) is 0.0492. The third-order valence-electron chi connectivity index (χ3n) is 34.3. The molecule has 0 saturated carbocycles. The predicted molar refractivity (Wildman–Crippen MR) is 536 cm³/mol. The van der Waals surface area contributed by atoms with E-state index in [1.807, 2.05) is 0 Å². The number of nitrogens with zero attached hydrogens (tertiary/aromatic N) is 12. The van der Waals surface area contributed by atoms with Gasteiger partial charge in [0, 0.05) is 154 Å². The number of likely N-dealkylation sites (tertiary alicyclic amines) is 12. The zero-order chi connectivity index (χ0) is 108. The van der Waals surface area contributed by atoms with Gasteiger partial charge in [-0.2, -0.15) is 0 Å². The Bertz CT molecular complexity index is 2370. The first-order valence-electron chi connectivity index (χ1n) is 54.5. The summed E-state index contributed by atoms with van der Waals surface area (Å²) < 4.78 is 128. The second kappa shape index (κ2) is 78.2. The second-order valence-corrected chi connectivity index (χ2v) is 45.3. The monoisotopic (exact) mass is 2130 g/mol. The molecule has 0 bridgehead atoms. The van der Waals surface area contributed by atoms with E-state index in [2.05, 4.69) is 166 Å². The Balaban J connectivity index is -0.000000336. The third-order valence-corrected chi connectivity index (χ3v) is 34.3. The average Bonchev–Trinajstić information content (AvgIpc) is 1.82. The van der Waals surface area contributed by atoms with E-state index in [1.54, 1.807) is 0 Å². The highest BCUT2D eigenvalue weighted by Crippen LogP contribution is 2.30. The van der Waals surface area contributed by atoms with Crippen LogP contribution in [0.1, 0.15) is 320 Å². The Kier molecular flexibility index (Phi) is 84.2. The van der Waals surface area contributed by atoms with Crippen molar-refractivity contribution in [2.45, 2.75) is 320 Å². The zero-order valence-corrected chi connectivity index (χ0v) is 97.9. The van der Waals surface area contributed by atoms with Gasteiger partial charge in [0.2, 0.25) is 0 Å². The van der Waals surface area contributed by atoms with Crippen LogP contribution in [0, 0.1) is 0 Å². The summed E-state index contributed by atoms with van der Waals surface area (Å²) in [6.07, 6.45) is 35.0. The summed E-state index contributed by atoms with van der Waals surface area (Å²) in [5.74, 6) is 0. The number of quaternary nitrogens is 12. The van der Waals surface area contributed by atoms with Crippen molar-refractivity contribution in [3.8, 4) is 0 Å². The zero-order valence-electron chi connectivity index (χ0n) is 92.6. The summed E-state index contributed by atoms with van der Waals surface area (Å²) in [4.78, 5) is 101. The molecule has 0 amide bonds. The van der Waals surface area contributed by atoms with Crippen LogP contribution < -0.4 is 58.7 Å². The lowest BCUT2D eigenvalue weighted by Crippen LogP contribution is -2.44. The Morgan fingerprint density at radius 2 is 0.152 bits per heavy atom. The fraction of sp³-hybridized carbons (Fsp3) is 1.00. The van der Waals surface area contributed by atoms with Crippen LogP contribution in [-0.2, 0) is 27.4 Å². The van der Waals surface area contributed by atoms with Gasteiger partial charge in [-0.1, -0.05) is 0 Å². The molecule has 30 nitrogen and oxygen atoms in total. The Labute approximate surface area is 842 Å². The number of halogens is 6. The van der Waals surface area contributed by atoms with Crippen molar-refractivity contribution in [1.29, 1.82) is 0 Å². The molecule has 0 radical (unpaired) electrons. The summed E-state index contributed by atoms with van der Waals surface area (Å²) in [6.45, 7) is 122. The first-order valence-corrected chi connectivity index (χ1v) is 63.1. The van der Waals surface area contributed by atoms with Crippen molar-refractivity contribution in [2.75, 3.05) is 314 Å². The highest BCUT2D eigenvalue weighted by Gasteiger charge is 2.36. The van der Waals surface area contributed by atoms with Crippen LogP contribution in [0.3, 0.4) is 0 Å². The van der Waals surface area contributed by atoms with E-state index in [0.29, 0.717) is 0 Å². The van der Waals surface area contributed by atoms with Crippen molar-refractivity contribution < 1.29 is 165 Å². The molecule has 138 heavy (non-hydrogen) atoms. The molecule has 0 aromatic heterocycles. The maximum absolute atomic E-state index is 10.1. The lowest BCUT2D eigenvalue weighted by atomic mass is 10.4. The van der Waals surface area contributed by atoms with Crippen LogP contribution in [0.25, 0.3) is 0 Å². The predicted octanol–water partition coefficient (Wildman–Crippen LogP) is 12.3.